The Morgan fingerprint density at radius 1 is 1.38 bits per heavy atom. The Hall–Kier alpha value is -1.83. The summed E-state index contributed by atoms with van der Waals surface area (Å²) in [5, 5.41) is 23.1. The number of nitro benzene ring substituents is 1. The van der Waals surface area contributed by atoms with Crippen LogP contribution in [0, 0.1) is 10.1 Å². The number of aliphatic hydroxyl groups excluding tert-OH is 1. The number of hydrogen-bond acceptors (Lipinski definition) is 4. The Labute approximate surface area is 119 Å². The van der Waals surface area contributed by atoms with Gasteiger partial charge in [-0.15, -0.1) is 0 Å². The molecule has 0 unspecified atom stereocenters. The Morgan fingerprint density at radius 3 is 2.43 bits per heavy atom. The highest BCUT2D eigenvalue weighted by Crippen LogP contribution is 2.36. The van der Waals surface area contributed by atoms with Gasteiger partial charge in [-0.1, -0.05) is 13.3 Å². The van der Waals surface area contributed by atoms with Gasteiger partial charge < -0.3 is 10.4 Å². The average molecular weight is 306 g/mol. The molecule has 1 aromatic rings. The third-order valence-corrected chi connectivity index (χ3v) is 3.11. The van der Waals surface area contributed by atoms with Gasteiger partial charge in [-0.3, -0.25) is 10.1 Å². The molecule has 0 heterocycles. The van der Waals surface area contributed by atoms with Crippen LogP contribution < -0.4 is 5.32 Å². The summed E-state index contributed by atoms with van der Waals surface area (Å²) in [4.78, 5) is 10.1. The number of halogens is 3. The Bertz CT molecular complexity index is 520. The lowest BCUT2D eigenvalue weighted by Gasteiger charge is -2.29. The number of nitrogens with one attached hydrogen (secondary N) is 1. The van der Waals surface area contributed by atoms with Crippen molar-refractivity contribution in [3.05, 3.63) is 33.9 Å². The third kappa shape index (κ3) is 4.32. The number of alkyl halides is 3. The van der Waals surface area contributed by atoms with Crippen molar-refractivity contribution >= 4 is 11.4 Å². The second kappa shape index (κ2) is 6.30. The SMILES string of the molecule is CCC[C@](C)(CO)Nc1ccc(C(F)(F)F)cc1[N+](=O)[O-]. The lowest BCUT2D eigenvalue weighted by atomic mass is 9.96. The molecular formula is C13H17F3N2O3. The van der Waals surface area contributed by atoms with Gasteiger partial charge in [-0.25, -0.2) is 0 Å². The van der Waals surface area contributed by atoms with Crippen molar-refractivity contribution in [2.24, 2.45) is 0 Å². The van der Waals surface area contributed by atoms with Crippen molar-refractivity contribution in [2.45, 2.75) is 38.4 Å². The fourth-order valence-corrected chi connectivity index (χ4v) is 2.02. The van der Waals surface area contributed by atoms with E-state index in [2.05, 4.69) is 5.32 Å². The second-order valence-electron chi connectivity index (χ2n) is 5.08. The zero-order valence-electron chi connectivity index (χ0n) is 11.7. The molecule has 0 spiro atoms. The van der Waals surface area contributed by atoms with Crippen molar-refractivity contribution in [3.63, 3.8) is 0 Å². The fourth-order valence-electron chi connectivity index (χ4n) is 2.02. The zero-order valence-corrected chi connectivity index (χ0v) is 11.7. The van der Waals surface area contributed by atoms with Crippen LogP contribution in [-0.4, -0.2) is 22.2 Å². The minimum absolute atomic E-state index is 0.0435. The summed E-state index contributed by atoms with van der Waals surface area (Å²) in [5.74, 6) is 0. The molecule has 0 fully saturated rings. The molecule has 0 aliphatic rings. The maximum Gasteiger partial charge on any atom is 0.416 e. The van der Waals surface area contributed by atoms with Gasteiger partial charge in [0.05, 0.1) is 22.6 Å². The standard InChI is InChI=1S/C13H17F3N2O3/c1-3-6-12(2,8-19)17-10-5-4-9(13(14,15)16)7-11(10)18(20)21/h4-5,7,17,19H,3,6,8H2,1-2H3/t12-/m1/s1. The summed E-state index contributed by atoms with van der Waals surface area (Å²) in [6.45, 7) is 3.23. The van der Waals surface area contributed by atoms with Gasteiger partial charge >= 0.3 is 6.18 Å². The predicted octanol–water partition coefficient (Wildman–Crippen LogP) is 3.58. The van der Waals surface area contributed by atoms with Crippen LogP contribution in [0.2, 0.25) is 0 Å². The summed E-state index contributed by atoms with van der Waals surface area (Å²) in [6, 6.07) is 2.29. The first-order valence-corrected chi connectivity index (χ1v) is 6.37. The van der Waals surface area contributed by atoms with Crippen LogP contribution in [0.3, 0.4) is 0 Å². The first-order chi connectivity index (χ1) is 9.63. The molecule has 8 heteroatoms. The Kier molecular flexibility index (Phi) is 5.16. The highest BCUT2D eigenvalue weighted by molar-refractivity contribution is 5.64. The van der Waals surface area contributed by atoms with Gasteiger partial charge in [0.15, 0.2) is 0 Å². The molecule has 0 saturated carbocycles. The molecule has 0 amide bonds. The van der Waals surface area contributed by atoms with Crippen LogP contribution in [0.5, 0.6) is 0 Å². The second-order valence-corrected chi connectivity index (χ2v) is 5.08. The van der Waals surface area contributed by atoms with E-state index in [1.165, 1.54) is 0 Å². The van der Waals surface area contributed by atoms with E-state index >= 15 is 0 Å². The largest absolute Gasteiger partial charge is 0.416 e. The normalized spacial score (nSPS) is 14.6. The van der Waals surface area contributed by atoms with Crippen LogP contribution in [0.25, 0.3) is 0 Å². The molecule has 1 atom stereocenters. The van der Waals surface area contributed by atoms with E-state index in [1.807, 2.05) is 6.92 Å². The van der Waals surface area contributed by atoms with Gasteiger partial charge in [0, 0.05) is 6.07 Å². The van der Waals surface area contributed by atoms with Crippen molar-refractivity contribution < 1.29 is 23.2 Å². The van der Waals surface area contributed by atoms with Gasteiger partial charge in [-0.2, -0.15) is 13.2 Å². The van der Waals surface area contributed by atoms with E-state index in [0.29, 0.717) is 18.9 Å². The summed E-state index contributed by atoms with van der Waals surface area (Å²) in [6.07, 6.45) is -3.42. The molecule has 1 aromatic carbocycles. The molecular weight excluding hydrogens is 289 g/mol. The summed E-state index contributed by atoms with van der Waals surface area (Å²) >= 11 is 0. The highest BCUT2D eigenvalue weighted by atomic mass is 19.4. The maximum atomic E-state index is 12.6. The zero-order chi connectivity index (χ0) is 16.3. The van der Waals surface area contributed by atoms with Crippen molar-refractivity contribution in [2.75, 3.05) is 11.9 Å². The van der Waals surface area contributed by atoms with Crippen LogP contribution in [0.1, 0.15) is 32.3 Å². The molecule has 2 N–H and O–H groups in total. The molecule has 0 aliphatic heterocycles. The smallest absolute Gasteiger partial charge is 0.394 e. The van der Waals surface area contributed by atoms with E-state index in [0.717, 1.165) is 12.1 Å². The number of nitrogens with zero attached hydrogens (tertiary/aromatic N) is 1. The topological polar surface area (TPSA) is 75.4 Å². The highest BCUT2D eigenvalue weighted by Gasteiger charge is 2.34. The summed E-state index contributed by atoms with van der Waals surface area (Å²) in [7, 11) is 0. The van der Waals surface area contributed by atoms with Crippen LogP contribution >= 0.6 is 0 Å². The van der Waals surface area contributed by atoms with Crippen LogP contribution in [0.15, 0.2) is 18.2 Å². The molecule has 0 aliphatic carbocycles. The molecule has 0 saturated heterocycles. The van der Waals surface area contributed by atoms with Gasteiger partial charge in [0.1, 0.15) is 5.69 Å². The van der Waals surface area contributed by atoms with E-state index in [1.54, 1.807) is 6.92 Å². The number of nitro groups is 1. The fraction of sp³-hybridized carbons (Fsp3) is 0.538. The van der Waals surface area contributed by atoms with Crippen molar-refractivity contribution in [1.29, 1.82) is 0 Å². The minimum atomic E-state index is -4.65. The molecule has 1 rings (SSSR count). The Morgan fingerprint density at radius 2 is 2.00 bits per heavy atom. The number of benzene rings is 1. The molecule has 21 heavy (non-hydrogen) atoms. The van der Waals surface area contributed by atoms with Crippen LogP contribution in [-0.2, 0) is 6.18 Å². The van der Waals surface area contributed by atoms with Crippen LogP contribution in [0.4, 0.5) is 24.5 Å². The minimum Gasteiger partial charge on any atom is -0.394 e. The molecule has 0 aromatic heterocycles. The number of aliphatic hydroxyl groups is 1. The summed E-state index contributed by atoms with van der Waals surface area (Å²) < 4.78 is 37.8. The maximum absolute atomic E-state index is 12.6. The molecule has 5 nitrogen and oxygen atoms in total. The van der Waals surface area contributed by atoms with Gasteiger partial charge in [-0.05, 0) is 25.5 Å². The van der Waals surface area contributed by atoms with Crippen molar-refractivity contribution in [1.82, 2.24) is 0 Å². The average Bonchev–Trinajstić information content (AvgIpc) is 2.37. The van der Waals surface area contributed by atoms with E-state index < -0.39 is 27.9 Å². The first kappa shape index (κ1) is 17.2. The Balaban J connectivity index is 3.21. The molecule has 118 valence electrons. The van der Waals surface area contributed by atoms with E-state index in [-0.39, 0.29) is 12.3 Å². The van der Waals surface area contributed by atoms with Crippen molar-refractivity contribution in [3.8, 4) is 0 Å². The third-order valence-electron chi connectivity index (χ3n) is 3.11. The summed E-state index contributed by atoms with van der Waals surface area (Å²) in [5.41, 5.74) is -2.63. The van der Waals surface area contributed by atoms with E-state index in [4.69, 9.17) is 0 Å². The van der Waals surface area contributed by atoms with Gasteiger partial charge in [0.25, 0.3) is 5.69 Å². The lowest BCUT2D eigenvalue weighted by Crippen LogP contribution is -2.38. The quantitative estimate of drug-likeness (QED) is 0.622. The lowest BCUT2D eigenvalue weighted by molar-refractivity contribution is -0.384. The molecule has 0 bridgehead atoms. The molecule has 0 radical (unpaired) electrons. The monoisotopic (exact) mass is 306 g/mol. The number of hydrogen-bond donors (Lipinski definition) is 2. The first-order valence-electron chi connectivity index (χ1n) is 6.37. The predicted molar refractivity (Wildman–Crippen MR) is 72.1 cm³/mol. The number of rotatable bonds is 6. The van der Waals surface area contributed by atoms with Gasteiger partial charge in [0.2, 0.25) is 0 Å². The van der Waals surface area contributed by atoms with E-state index in [9.17, 15) is 28.4 Å². The number of anilines is 1.